The molecule has 1 fully saturated rings. The molecule has 0 radical (unpaired) electrons. The van der Waals surface area contributed by atoms with Crippen molar-refractivity contribution in [1.29, 1.82) is 0 Å². The third kappa shape index (κ3) is 6.95. The first kappa shape index (κ1) is 32.8. The van der Waals surface area contributed by atoms with E-state index in [1.165, 1.54) is 27.5 Å². The minimum absolute atomic E-state index is 0.0197. The van der Waals surface area contributed by atoms with Crippen molar-refractivity contribution in [2.45, 2.75) is 89.9 Å². The molecule has 6 nitrogen and oxygen atoms in total. The van der Waals surface area contributed by atoms with E-state index in [0.717, 1.165) is 28.0 Å². The van der Waals surface area contributed by atoms with Crippen LogP contribution < -0.4 is 0 Å². The maximum Gasteiger partial charge on any atom is 0.211 e. The fourth-order valence-electron chi connectivity index (χ4n) is 7.26. The van der Waals surface area contributed by atoms with Crippen LogP contribution in [0.4, 0.5) is 0 Å². The molecular formula is C36H45NO5S2. The Kier molecular flexibility index (Phi) is 9.69. The van der Waals surface area contributed by atoms with E-state index < -0.39 is 27.1 Å². The smallest absolute Gasteiger partial charge is 0.211 e. The number of ketones is 1. The van der Waals surface area contributed by atoms with Gasteiger partial charge in [-0.05, 0) is 99.6 Å². The summed E-state index contributed by atoms with van der Waals surface area (Å²) < 4.78 is 27.6. The van der Waals surface area contributed by atoms with Gasteiger partial charge in [0.25, 0.3) is 0 Å². The molecule has 2 aromatic carbocycles. The molecule has 1 heterocycles. The van der Waals surface area contributed by atoms with E-state index in [1.807, 2.05) is 67.6 Å². The van der Waals surface area contributed by atoms with Gasteiger partial charge in [-0.1, -0.05) is 61.0 Å². The predicted octanol–water partition coefficient (Wildman–Crippen LogP) is 6.79. The predicted molar refractivity (Wildman–Crippen MR) is 178 cm³/mol. The number of thiophene rings is 1. The summed E-state index contributed by atoms with van der Waals surface area (Å²) in [6.45, 7) is 6.32. The number of sulfonamides is 1. The van der Waals surface area contributed by atoms with Crippen molar-refractivity contribution < 1.29 is 23.4 Å². The van der Waals surface area contributed by atoms with Gasteiger partial charge in [0.1, 0.15) is 0 Å². The Bertz CT molecular complexity index is 1630. The molecule has 8 heteroatoms. The molecule has 0 unspecified atom stereocenters. The monoisotopic (exact) mass is 635 g/mol. The number of carbonyl (C=O) groups excluding carboxylic acids is 1. The van der Waals surface area contributed by atoms with Crippen LogP contribution in [-0.2, 0) is 23.0 Å². The fraction of sp³-hybridized carbons (Fsp3) is 0.472. The summed E-state index contributed by atoms with van der Waals surface area (Å²) in [6.07, 6.45) is 7.14. The van der Waals surface area contributed by atoms with E-state index in [-0.39, 0.29) is 24.8 Å². The van der Waals surface area contributed by atoms with Gasteiger partial charge in [-0.3, -0.25) is 4.79 Å². The topological polar surface area (TPSA) is 94.9 Å². The number of aryl methyl sites for hydroxylation is 1. The zero-order valence-corrected chi connectivity index (χ0v) is 27.9. The molecule has 44 heavy (non-hydrogen) atoms. The maximum absolute atomic E-state index is 14.1. The number of aliphatic hydroxyl groups excluding tert-OH is 1. The summed E-state index contributed by atoms with van der Waals surface area (Å²) in [7, 11) is -3.64. The molecule has 0 amide bonds. The van der Waals surface area contributed by atoms with E-state index in [9.17, 15) is 23.4 Å². The number of allylic oxidation sites excluding steroid dienone is 2. The number of hydrogen-bond acceptors (Lipinski definition) is 6. The van der Waals surface area contributed by atoms with Crippen LogP contribution in [0.15, 0.2) is 72.3 Å². The average molecular weight is 636 g/mol. The number of aliphatic hydroxyl groups is 2. The number of rotatable bonds is 7. The lowest BCUT2D eigenvalue weighted by atomic mass is 9.65. The highest BCUT2D eigenvalue weighted by Crippen LogP contribution is 2.59. The Morgan fingerprint density at radius 2 is 1.80 bits per heavy atom. The molecule has 236 valence electrons. The van der Waals surface area contributed by atoms with Crippen molar-refractivity contribution in [3.8, 4) is 0 Å². The van der Waals surface area contributed by atoms with Gasteiger partial charge in [-0.15, -0.1) is 11.3 Å². The molecule has 0 aliphatic heterocycles. The van der Waals surface area contributed by atoms with Crippen LogP contribution in [0.3, 0.4) is 0 Å². The molecule has 3 aromatic rings. The highest BCUT2D eigenvalue weighted by molar-refractivity contribution is 7.88. The molecule has 6 rings (SSSR count). The van der Waals surface area contributed by atoms with Crippen LogP contribution in [0.2, 0.25) is 0 Å². The molecule has 0 spiro atoms. The molecule has 4 atom stereocenters. The number of fused-ring (bicyclic) bond motifs is 8. The Morgan fingerprint density at radius 3 is 2.48 bits per heavy atom. The second-order valence-corrected chi connectivity index (χ2v) is 16.5. The summed E-state index contributed by atoms with van der Waals surface area (Å²) in [4.78, 5) is 15.8. The first-order chi connectivity index (χ1) is 20.8. The summed E-state index contributed by atoms with van der Waals surface area (Å²) in [5.41, 5.74) is 2.45. The number of hydrogen-bond donors (Lipinski definition) is 2. The second-order valence-electron chi connectivity index (χ2n) is 13.2. The highest BCUT2D eigenvalue weighted by Gasteiger charge is 2.57. The minimum Gasteiger partial charge on any atom is -0.393 e. The van der Waals surface area contributed by atoms with Crippen LogP contribution in [0.5, 0.6) is 0 Å². The molecule has 2 bridgehead atoms. The van der Waals surface area contributed by atoms with Crippen LogP contribution >= 0.6 is 11.3 Å². The molecule has 0 saturated heterocycles. The standard InChI is InChI=1S/C36H45NO5S2/c1-25-9-8-19-35(3)32(18-20-36(35,40)24-37(44(4,41)42)23-27-10-6-5-7-11-27)30-16-14-28(21-29(38)15-12-25)22-31(30)34(39)33-17-13-26(2)43-33/h5-7,9-11,13-14,16-17,22,29,32,38,40H,8,12,15,18-21,23-24H2,1-4H3/t29-,32-,35-,36+/m0/s1. The van der Waals surface area contributed by atoms with Crippen molar-refractivity contribution in [1.82, 2.24) is 4.31 Å². The van der Waals surface area contributed by atoms with Gasteiger partial charge < -0.3 is 10.2 Å². The van der Waals surface area contributed by atoms with E-state index in [2.05, 4.69) is 19.9 Å². The average Bonchev–Trinajstić information content (AvgIpc) is 3.51. The van der Waals surface area contributed by atoms with Gasteiger partial charge in [0.15, 0.2) is 0 Å². The minimum atomic E-state index is -3.64. The van der Waals surface area contributed by atoms with Crippen LogP contribution in [0, 0.1) is 12.3 Å². The van der Waals surface area contributed by atoms with Gasteiger partial charge in [-0.25, -0.2) is 8.42 Å². The molecule has 3 aliphatic rings. The Labute approximate surface area is 266 Å². The maximum atomic E-state index is 14.1. The lowest BCUT2D eigenvalue weighted by Gasteiger charge is -2.45. The third-order valence-corrected chi connectivity index (χ3v) is 12.2. The Morgan fingerprint density at radius 1 is 1.05 bits per heavy atom. The van der Waals surface area contributed by atoms with Gasteiger partial charge in [0.05, 0.1) is 22.8 Å². The van der Waals surface area contributed by atoms with Crippen molar-refractivity contribution >= 4 is 27.1 Å². The SMILES string of the molecule is CC1=CCC[C@@]2(C)[C@@H](CC[C@@]2(O)CN(Cc2ccccc2)S(C)(=O)=O)c2ccc(cc2C(=O)c2ccc(C)s2)C[C@@H](O)CC1. The summed E-state index contributed by atoms with van der Waals surface area (Å²) in [5, 5.41) is 23.5. The second kappa shape index (κ2) is 13.0. The first-order valence-electron chi connectivity index (χ1n) is 15.6. The summed E-state index contributed by atoms with van der Waals surface area (Å²) in [5.74, 6) is -0.210. The summed E-state index contributed by atoms with van der Waals surface area (Å²) in [6, 6.07) is 19.3. The molecule has 1 aromatic heterocycles. The highest BCUT2D eigenvalue weighted by atomic mass is 32.2. The lowest BCUT2D eigenvalue weighted by Crippen LogP contribution is -2.53. The number of nitrogens with zero attached hydrogens (tertiary/aromatic N) is 1. The molecule has 1 saturated carbocycles. The van der Waals surface area contributed by atoms with E-state index in [1.54, 1.807) is 0 Å². The molecule has 3 aliphatic carbocycles. The number of carbonyl (C=O) groups is 1. The zero-order chi connectivity index (χ0) is 31.7. The van der Waals surface area contributed by atoms with Gasteiger partial charge in [-0.2, -0.15) is 4.31 Å². The van der Waals surface area contributed by atoms with E-state index >= 15 is 0 Å². The molecule has 2 N–H and O–H groups in total. The van der Waals surface area contributed by atoms with Crippen molar-refractivity contribution in [2.75, 3.05) is 12.8 Å². The van der Waals surface area contributed by atoms with E-state index in [4.69, 9.17) is 0 Å². The number of benzene rings is 2. The van der Waals surface area contributed by atoms with Crippen molar-refractivity contribution in [2.24, 2.45) is 5.41 Å². The summed E-state index contributed by atoms with van der Waals surface area (Å²) >= 11 is 1.47. The normalized spacial score (nSPS) is 26.3. The van der Waals surface area contributed by atoms with Gasteiger partial charge in [0.2, 0.25) is 15.8 Å². The zero-order valence-electron chi connectivity index (χ0n) is 26.3. The Hall–Kier alpha value is -2.62. The first-order valence-corrected chi connectivity index (χ1v) is 18.2. The quantitative estimate of drug-likeness (QED) is 0.220. The molecular weight excluding hydrogens is 591 g/mol. The van der Waals surface area contributed by atoms with Crippen LogP contribution in [-0.4, -0.2) is 53.2 Å². The van der Waals surface area contributed by atoms with Crippen LogP contribution in [0.25, 0.3) is 0 Å². The van der Waals surface area contributed by atoms with E-state index in [0.29, 0.717) is 49.0 Å². The Balaban J connectivity index is 1.60. The largest absolute Gasteiger partial charge is 0.393 e. The van der Waals surface area contributed by atoms with Gasteiger partial charge >= 0.3 is 0 Å². The third-order valence-electron chi connectivity index (χ3n) is 9.99. The van der Waals surface area contributed by atoms with Crippen molar-refractivity contribution in [3.63, 3.8) is 0 Å². The van der Waals surface area contributed by atoms with Crippen molar-refractivity contribution in [3.05, 3.63) is 104 Å². The fourth-order valence-corrected chi connectivity index (χ4v) is 8.91. The lowest BCUT2D eigenvalue weighted by molar-refractivity contribution is -0.0731. The van der Waals surface area contributed by atoms with Gasteiger partial charge in [0, 0.05) is 28.9 Å². The van der Waals surface area contributed by atoms with Crippen LogP contribution in [0.1, 0.15) is 95.1 Å².